The molecule has 3 nitrogen and oxygen atoms in total. The van der Waals surface area contributed by atoms with Gasteiger partial charge in [-0.3, -0.25) is 0 Å². The smallest absolute Gasteiger partial charge is 0.106 e. The summed E-state index contributed by atoms with van der Waals surface area (Å²) in [4.78, 5) is 4.63. The van der Waals surface area contributed by atoms with Crippen molar-refractivity contribution in [3.63, 3.8) is 0 Å². The van der Waals surface area contributed by atoms with E-state index in [1.54, 1.807) is 0 Å². The van der Waals surface area contributed by atoms with Gasteiger partial charge in [0, 0.05) is 24.8 Å². The first-order valence-corrected chi connectivity index (χ1v) is 6.64. The Morgan fingerprint density at radius 1 is 1.28 bits per heavy atom. The van der Waals surface area contributed by atoms with Gasteiger partial charge in [-0.15, -0.1) is 0 Å². The van der Waals surface area contributed by atoms with Gasteiger partial charge in [-0.2, -0.15) is 0 Å². The Balaban J connectivity index is 1.97. The zero-order chi connectivity index (χ0) is 12.5. The van der Waals surface area contributed by atoms with E-state index in [9.17, 15) is 0 Å². The minimum absolute atomic E-state index is 0.654. The molecule has 18 heavy (non-hydrogen) atoms. The molecule has 94 valence electrons. The summed E-state index contributed by atoms with van der Waals surface area (Å²) in [7, 11) is 0. The molecule has 0 spiro atoms. The van der Waals surface area contributed by atoms with Gasteiger partial charge in [0.2, 0.25) is 0 Å². The lowest BCUT2D eigenvalue weighted by molar-refractivity contribution is 0.684. The Morgan fingerprint density at radius 2 is 2.11 bits per heavy atom. The molecule has 0 radical (unpaired) electrons. The van der Waals surface area contributed by atoms with Gasteiger partial charge < -0.3 is 10.3 Å². The van der Waals surface area contributed by atoms with E-state index in [1.165, 1.54) is 36.0 Å². The lowest BCUT2D eigenvalue weighted by Crippen LogP contribution is -2.10. The van der Waals surface area contributed by atoms with Crippen molar-refractivity contribution in [2.75, 3.05) is 6.54 Å². The molecule has 0 saturated heterocycles. The van der Waals surface area contributed by atoms with Gasteiger partial charge in [0.05, 0.1) is 5.69 Å². The number of hydrogen-bond donors (Lipinski definition) is 1. The minimum Gasteiger partial charge on any atom is -0.333 e. The van der Waals surface area contributed by atoms with Crippen LogP contribution in [0.15, 0.2) is 24.4 Å². The highest BCUT2D eigenvalue weighted by Gasteiger charge is 2.13. The molecule has 0 fully saturated rings. The monoisotopic (exact) mass is 241 g/mol. The Hall–Kier alpha value is -1.61. The average Bonchev–Trinajstić information content (AvgIpc) is 2.96. The third kappa shape index (κ3) is 1.95. The van der Waals surface area contributed by atoms with E-state index in [0.717, 1.165) is 18.1 Å². The topological polar surface area (TPSA) is 43.8 Å². The molecule has 2 aromatic rings. The van der Waals surface area contributed by atoms with Gasteiger partial charge in [-0.25, -0.2) is 4.98 Å². The van der Waals surface area contributed by atoms with Crippen LogP contribution < -0.4 is 5.73 Å². The molecule has 0 unspecified atom stereocenters. The largest absolute Gasteiger partial charge is 0.333 e. The number of rotatable bonds is 3. The van der Waals surface area contributed by atoms with Crippen LogP contribution in [0.2, 0.25) is 0 Å². The Morgan fingerprint density at radius 3 is 2.94 bits per heavy atom. The van der Waals surface area contributed by atoms with E-state index in [4.69, 9.17) is 5.73 Å². The molecule has 2 N–H and O–H groups in total. The molecule has 0 aliphatic heterocycles. The Bertz CT molecular complexity index is 569. The van der Waals surface area contributed by atoms with Gasteiger partial charge in [0.25, 0.3) is 0 Å². The molecule has 3 rings (SSSR count). The molecular formula is C15H19N3. The normalized spacial score (nSPS) is 13.9. The van der Waals surface area contributed by atoms with E-state index < -0.39 is 0 Å². The molecule has 1 aliphatic rings. The van der Waals surface area contributed by atoms with Crippen molar-refractivity contribution in [2.45, 2.75) is 32.7 Å². The third-order valence-corrected chi connectivity index (χ3v) is 3.74. The molecule has 0 saturated carbocycles. The van der Waals surface area contributed by atoms with Crippen molar-refractivity contribution in [3.05, 3.63) is 41.3 Å². The Labute approximate surface area is 108 Å². The van der Waals surface area contributed by atoms with Crippen LogP contribution in [-0.4, -0.2) is 16.1 Å². The van der Waals surface area contributed by atoms with Crippen molar-refractivity contribution in [2.24, 2.45) is 5.73 Å². The van der Waals surface area contributed by atoms with E-state index in [-0.39, 0.29) is 0 Å². The van der Waals surface area contributed by atoms with Crippen molar-refractivity contribution >= 4 is 0 Å². The first-order valence-electron chi connectivity index (χ1n) is 6.64. The maximum absolute atomic E-state index is 5.60. The third-order valence-electron chi connectivity index (χ3n) is 3.74. The summed E-state index contributed by atoms with van der Waals surface area (Å²) in [6.07, 6.45) is 5.85. The van der Waals surface area contributed by atoms with Crippen LogP contribution in [0, 0.1) is 6.92 Å². The van der Waals surface area contributed by atoms with E-state index in [1.807, 2.05) is 6.92 Å². The van der Waals surface area contributed by atoms with Gasteiger partial charge in [-0.1, -0.05) is 12.1 Å². The number of hydrogen-bond acceptors (Lipinski definition) is 2. The first kappa shape index (κ1) is 11.5. The van der Waals surface area contributed by atoms with Crippen LogP contribution in [0.5, 0.6) is 0 Å². The number of imidazole rings is 1. The van der Waals surface area contributed by atoms with Crippen molar-refractivity contribution < 1.29 is 0 Å². The van der Waals surface area contributed by atoms with Crippen LogP contribution >= 0.6 is 0 Å². The van der Waals surface area contributed by atoms with Crippen molar-refractivity contribution in [1.29, 1.82) is 0 Å². The van der Waals surface area contributed by atoms with Crippen LogP contribution in [0.1, 0.15) is 23.4 Å². The second-order valence-electron chi connectivity index (χ2n) is 4.99. The van der Waals surface area contributed by atoms with Crippen LogP contribution in [0.4, 0.5) is 0 Å². The van der Waals surface area contributed by atoms with E-state index in [2.05, 4.69) is 33.9 Å². The number of nitrogens with two attached hydrogens (primary N) is 1. The average molecular weight is 241 g/mol. The fourth-order valence-corrected chi connectivity index (χ4v) is 2.74. The van der Waals surface area contributed by atoms with E-state index in [0.29, 0.717) is 6.54 Å². The number of benzene rings is 1. The highest BCUT2D eigenvalue weighted by molar-refractivity contribution is 5.61. The SMILES string of the molecule is Cc1nc(-c2ccc3c(c2)CCC3)cn1CCN. The molecule has 0 amide bonds. The number of fused-ring (bicyclic) bond motifs is 1. The summed E-state index contributed by atoms with van der Waals surface area (Å²) in [6.45, 7) is 3.52. The summed E-state index contributed by atoms with van der Waals surface area (Å²) in [5, 5.41) is 0. The highest BCUT2D eigenvalue weighted by atomic mass is 15.1. The number of aromatic nitrogens is 2. The lowest BCUT2D eigenvalue weighted by Gasteiger charge is -2.02. The molecule has 1 aromatic heterocycles. The van der Waals surface area contributed by atoms with Gasteiger partial charge in [0.15, 0.2) is 0 Å². The molecule has 0 atom stereocenters. The van der Waals surface area contributed by atoms with Crippen LogP contribution in [-0.2, 0) is 19.4 Å². The highest BCUT2D eigenvalue weighted by Crippen LogP contribution is 2.27. The fraction of sp³-hybridized carbons (Fsp3) is 0.400. The predicted molar refractivity (Wildman–Crippen MR) is 73.5 cm³/mol. The second kappa shape index (κ2) is 4.58. The molecule has 1 heterocycles. The predicted octanol–water partition coefficient (Wildman–Crippen LogP) is 2.31. The standard InChI is InChI=1S/C15H19N3/c1-11-17-15(10-18(11)8-7-16)14-6-5-12-3-2-4-13(12)9-14/h5-6,9-10H,2-4,7-8,16H2,1H3. The van der Waals surface area contributed by atoms with Gasteiger partial charge >= 0.3 is 0 Å². The fourth-order valence-electron chi connectivity index (χ4n) is 2.74. The number of aryl methyl sites for hydroxylation is 3. The van der Waals surface area contributed by atoms with Crippen molar-refractivity contribution in [3.8, 4) is 11.3 Å². The zero-order valence-corrected chi connectivity index (χ0v) is 10.8. The molecule has 3 heteroatoms. The number of nitrogens with zero attached hydrogens (tertiary/aromatic N) is 2. The summed E-state index contributed by atoms with van der Waals surface area (Å²) < 4.78 is 2.13. The lowest BCUT2D eigenvalue weighted by atomic mass is 10.0. The molecular weight excluding hydrogens is 222 g/mol. The quantitative estimate of drug-likeness (QED) is 0.896. The summed E-state index contributed by atoms with van der Waals surface area (Å²) >= 11 is 0. The molecule has 1 aliphatic carbocycles. The summed E-state index contributed by atoms with van der Waals surface area (Å²) in [6, 6.07) is 6.75. The second-order valence-corrected chi connectivity index (χ2v) is 4.99. The zero-order valence-electron chi connectivity index (χ0n) is 10.8. The maximum atomic E-state index is 5.60. The summed E-state index contributed by atoms with van der Waals surface area (Å²) in [5.41, 5.74) is 10.9. The minimum atomic E-state index is 0.654. The van der Waals surface area contributed by atoms with Gasteiger partial charge in [0.1, 0.15) is 5.82 Å². The van der Waals surface area contributed by atoms with Crippen LogP contribution in [0.3, 0.4) is 0 Å². The molecule has 0 bridgehead atoms. The Kier molecular flexibility index (Phi) is 2.92. The maximum Gasteiger partial charge on any atom is 0.106 e. The molecule has 1 aromatic carbocycles. The first-order chi connectivity index (χ1) is 8.78. The van der Waals surface area contributed by atoms with Gasteiger partial charge in [-0.05, 0) is 43.4 Å². The summed E-state index contributed by atoms with van der Waals surface area (Å²) in [5.74, 6) is 1.04. The van der Waals surface area contributed by atoms with Crippen molar-refractivity contribution in [1.82, 2.24) is 9.55 Å². The van der Waals surface area contributed by atoms with Crippen LogP contribution in [0.25, 0.3) is 11.3 Å². The van der Waals surface area contributed by atoms with E-state index >= 15 is 0 Å².